The number of carbonyl (C=O) groups is 1. The molecule has 2 N–H and O–H groups in total. The van der Waals surface area contributed by atoms with E-state index in [-0.39, 0.29) is 23.6 Å². The molecule has 0 spiro atoms. The Balaban J connectivity index is 1.58. The average molecular weight is 304 g/mol. The van der Waals surface area contributed by atoms with Crippen molar-refractivity contribution in [1.82, 2.24) is 10.3 Å². The molecule has 120 valence electrons. The predicted molar refractivity (Wildman–Crippen MR) is 86.1 cm³/mol. The maximum Gasteiger partial charge on any atom is 0.319 e. The Morgan fingerprint density at radius 3 is 2.82 bits per heavy atom. The van der Waals surface area contributed by atoms with Crippen LogP contribution in [0.1, 0.15) is 20.3 Å². The highest BCUT2D eigenvalue weighted by molar-refractivity contribution is 5.89. The summed E-state index contributed by atoms with van der Waals surface area (Å²) in [6, 6.07) is 3.72. The molecule has 1 aromatic rings. The lowest BCUT2D eigenvalue weighted by Crippen LogP contribution is -2.67. The van der Waals surface area contributed by atoms with Crippen LogP contribution in [-0.4, -0.2) is 43.9 Å². The normalized spacial score (nSPS) is 28.5. The van der Waals surface area contributed by atoms with E-state index in [4.69, 9.17) is 4.74 Å². The van der Waals surface area contributed by atoms with E-state index in [1.54, 1.807) is 6.20 Å². The van der Waals surface area contributed by atoms with Crippen LogP contribution < -0.4 is 15.5 Å². The Labute approximate surface area is 131 Å². The molecule has 2 aliphatic rings. The number of urea groups is 1. The van der Waals surface area contributed by atoms with Crippen molar-refractivity contribution in [2.24, 2.45) is 11.3 Å². The number of anilines is 2. The molecule has 1 saturated carbocycles. The third-order valence-electron chi connectivity index (χ3n) is 4.85. The molecule has 6 heteroatoms. The number of aromatic nitrogens is 1. The molecular formula is C16H24N4O2. The molecular weight excluding hydrogens is 280 g/mol. The largest absolute Gasteiger partial charge is 0.377 e. The van der Waals surface area contributed by atoms with Gasteiger partial charge in [-0.05, 0) is 18.6 Å². The van der Waals surface area contributed by atoms with Gasteiger partial charge in [0.05, 0.1) is 18.0 Å². The van der Waals surface area contributed by atoms with Gasteiger partial charge in [0.1, 0.15) is 5.82 Å². The van der Waals surface area contributed by atoms with Crippen molar-refractivity contribution >= 4 is 17.5 Å². The van der Waals surface area contributed by atoms with Gasteiger partial charge in [0.15, 0.2) is 0 Å². The smallest absolute Gasteiger partial charge is 0.319 e. The van der Waals surface area contributed by atoms with Crippen LogP contribution in [0.3, 0.4) is 0 Å². The molecule has 3 atom stereocenters. The first-order valence-corrected chi connectivity index (χ1v) is 7.72. The van der Waals surface area contributed by atoms with Gasteiger partial charge in [-0.1, -0.05) is 13.8 Å². The van der Waals surface area contributed by atoms with E-state index in [1.807, 2.05) is 31.1 Å². The minimum Gasteiger partial charge on any atom is -0.377 e. The van der Waals surface area contributed by atoms with Crippen molar-refractivity contribution in [3.8, 4) is 0 Å². The van der Waals surface area contributed by atoms with Crippen LogP contribution in [0.2, 0.25) is 0 Å². The number of carbonyl (C=O) groups excluding carboxylic acids is 1. The molecule has 0 aromatic carbocycles. The van der Waals surface area contributed by atoms with Crippen molar-refractivity contribution in [1.29, 1.82) is 0 Å². The molecule has 2 amide bonds. The number of hydrogen-bond donors (Lipinski definition) is 2. The number of nitrogens with zero attached hydrogens (tertiary/aromatic N) is 2. The fourth-order valence-electron chi connectivity index (χ4n) is 3.65. The van der Waals surface area contributed by atoms with Crippen LogP contribution in [-0.2, 0) is 4.74 Å². The standard InChI is InChI=1S/C16H24N4O2/c1-16(2)13(11-7-8-22-14(11)16)19-15(21)18-10-5-6-12(17-9-10)20(3)4/h5-6,9,11,13-14H,7-8H2,1-4H3,(H2,18,19,21). The van der Waals surface area contributed by atoms with Crippen LogP contribution in [0, 0.1) is 11.3 Å². The van der Waals surface area contributed by atoms with E-state index in [0.29, 0.717) is 11.6 Å². The SMILES string of the molecule is CN(C)c1ccc(NC(=O)NC2C3CCOC3C2(C)C)cn1. The maximum absolute atomic E-state index is 12.2. The summed E-state index contributed by atoms with van der Waals surface area (Å²) < 4.78 is 5.75. The maximum atomic E-state index is 12.2. The lowest BCUT2D eigenvalue weighted by Gasteiger charge is -2.54. The monoisotopic (exact) mass is 304 g/mol. The van der Waals surface area contributed by atoms with Crippen LogP contribution in [0.25, 0.3) is 0 Å². The third kappa shape index (κ3) is 2.52. The Bertz CT molecular complexity index is 556. The van der Waals surface area contributed by atoms with Gasteiger partial charge in [-0.3, -0.25) is 0 Å². The zero-order valence-electron chi connectivity index (χ0n) is 13.6. The average Bonchev–Trinajstić information content (AvgIpc) is 2.92. The summed E-state index contributed by atoms with van der Waals surface area (Å²) in [7, 11) is 3.86. The van der Waals surface area contributed by atoms with Crippen LogP contribution in [0.4, 0.5) is 16.3 Å². The molecule has 1 aromatic heterocycles. The van der Waals surface area contributed by atoms with Crippen LogP contribution in [0.5, 0.6) is 0 Å². The predicted octanol–water partition coefficient (Wildman–Crippen LogP) is 2.08. The summed E-state index contributed by atoms with van der Waals surface area (Å²) in [4.78, 5) is 18.4. The quantitative estimate of drug-likeness (QED) is 0.897. The summed E-state index contributed by atoms with van der Waals surface area (Å²) in [6.07, 6.45) is 2.97. The lowest BCUT2D eigenvalue weighted by atomic mass is 9.57. The fourth-order valence-corrected chi connectivity index (χ4v) is 3.65. The first-order chi connectivity index (χ1) is 10.4. The topological polar surface area (TPSA) is 66.5 Å². The number of fused-ring (bicyclic) bond motifs is 1. The zero-order chi connectivity index (χ0) is 15.9. The first-order valence-electron chi connectivity index (χ1n) is 7.72. The molecule has 1 saturated heterocycles. The summed E-state index contributed by atoms with van der Waals surface area (Å²) >= 11 is 0. The van der Waals surface area contributed by atoms with Gasteiger partial charge in [-0.2, -0.15) is 0 Å². The molecule has 1 aliphatic heterocycles. The van der Waals surface area contributed by atoms with Gasteiger partial charge in [-0.25, -0.2) is 9.78 Å². The van der Waals surface area contributed by atoms with Gasteiger partial charge in [-0.15, -0.1) is 0 Å². The van der Waals surface area contributed by atoms with E-state index in [2.05, 4.69) is 29.5 Å². The van der Waals surface area contributed by atoms with Crippen LogP contribution in [0.15, 0.2) is 18.3 Å². The van der Waals surface area contributed by atoms with Crippen molar-refractivity contribution in [2.45, 2.75) is 32.4 Å². The first kappa shape index (κ1) is 15.1. The summed E-state index contributed by atoms with van der Waals surface area (Å²) in [5.74, 6) is 1.30. The Kier molecular flexibility index (Phi) is 3.72. The number of amides is 2. The van der Waals surface area contributed by atoms with E-state index >= 15 is 0 Å². The lowest BCUT2D eigenvalue weighted by molar-refractivity contribution is -0.107. The molecule has 1 aliphatic carbocycles. The minimum atomic E-state index is -0.178. The van der Waals surface area contributed by atoms with Gasteiger partial charge in [0, 0.05) is 38.1 Å². The van der Waals surface area contributed by atoms with Gasteiger partial charge in [0.2, 0.25) is 0 Å². The van der Waals surface area contributed by atoms with E-state index < -0.39 is 0 Å². The number of nitrogens with one attached hydrogen (secondary N) is 2. The molecule has 2 heterocycles. The molecule has 0 radical (unpaired) electrons. The number of hydrogen-bond acceptors (Lipinski definition) is 4. The zero-order valence-corrected chi connectivity index (χ0v) is 13.6. The third-order valence-corrected chi connectivity index (χ3v) is 4.85. The van der Waals surface area contributed by atoms with Gasteiger partial charge >= 0.3 is 6.03 Å². The molecule has 3 rings (SSSR count). The molecule has 0 bridgehead atoms. The van der Waals surface area contributed by atoms with E-state index in [1.165, 1.54) is 0 Å². The second kappa shape index (κ2) is 5.43. The van der Waals surface area contributed by atoms with Gasteiger partial charge < -0.3 is 20.3 Å². The van der Waals surface area contributed by atoms with Crippen LogP contribution >= 0.6 is 0 Å². The number of pyridine rings is 1. The Hall–Kier alpha value is -1.82. The fraction of sp³-hybridized carbons (Fsp3) is 0.625. The molecule has 2 fully saturated rings. The minimum absolute atomic E-state index is 0.00840. The van der Waals surface area contributed by atoms with Crippen molar-refractivity contribution in [2.75, 3.05) is 30.9 Å². The van der Waals surface area contributed by atoms with Gasteiger partial charge in [0.25, 0.3) is 0 Å². The van der Waals surface area contributed by atoms with Crippen molar-refractivity contribution < 1.29 is 9.53 Å². The number of ether oxygens (including phenoxy) is 1. The highest BCUT2D eigenvalue weighted by atomic mass is 16.5. The summed E-state index contributed by atoms with van der Waals surface area (Å²) in [5, 5.41) is 5.95. The highest BCUT2D eigenvalue weighted by Gasteiger charge is 2.59. The second-order valence-corrected chi connectivity index (χ2v) is 6.94. The van der Waals surface area contributed by atoms with E-state index in [9.17, 15) is 4.79 Å². The van der Waals surface area contributed by atoms with E-state index in [0.717, 1.165) is 18.8 Å². The molecule has 3 unspecified atom stereocenters. The Morgan fingerprint density at radius 1 is 1.41 bits per heavy atom. The Morgan fingerprint density at radius 2 is 2.18 bits per heavy atom. The summed E-state index contributed by atoms with van der Waals surface area (Å²) in [6.45, 7) is 5.10. The highest BCUT2D eigenvalue weighted by Crippen LogP contribution is 2.52. The second-order valence-electron chi connectivity index (χ2n) is 6.94. The number of rotatable bonds is 3. The van der Waals surface area contributed by atoms with Crippen molar-refractivity contribution in [3.05, 3.63) is 18.3 Å². The summed E-state index contributed by atoms with van der Waals surface area (Å²) in [5.41, 5.74) is 0.686. The van der Waals surface area contributed by atoms with Crippen molar-refractivity contribution in [3.63, 3.8) is 0 Å². The molecule has 6 nitrogen and oxygen atoms in total. The molecule has 22 heavy (non-hydrogen) atoms.